The van der Waals surface area contributed by atoms with Crippen LogP contribution in [0.3, 0.4) is 0 Å². The molecule has 0 atom stereocenters. The van der Waals surface area contributed by atoms with Crippen molar-refractivity contribution in [3.8, 4) is 0 Å². The van der Waals surface area contributed by atoms with Gasteiger partial charge in [-0.15, -0.1) is 11.3 Å². The average molecular weight is 379 g/mol. The van der Waals surface area contributed by atoms with Gasteiger partial charge in [-0.05, 0) is 37.3 Å². The number of ether oxygens (including phenoxy) is 1. The predicted octanol–water partition coefficient (Wildman–Crippen LogP) is 5.60. The van der Waals surface area contributed by atoms with Crippen LogP contribution in [0.15, 0.2) is 30.3 Å². The second-order valence-electron chi connectivity index (χ2n) is 4.66. The zero-order valence-corrected chi connectivity index (χ0v) is 14.1. The van der Waals surface area contributed by atoms with Crippen molar-refractivity contribution in [2.45, 2.75) is 19.6 Å². The van der Waals surface area contributed by atoms with Crippen molar-refractivity contribution in [3.63, 3.8) is 0 Å². The summed E-state index contributed by atoms with van der Waals surface area (Å²) in [5.74, 6) is 0. The minimum Gasteiger partial charge on any atom is -0.450 e. The summed E-state index contributed by atoms with van der Waals surface area (Å²) in [6.45, 7) is 1.98. The Morgan fingerprint density at radius 1 is 1.29 bits per heavy atom. The Kier molecular flexibility index (Phi) is 5.95. The van der Waals surface area contributed by atoms with Crippen molar-refractivity contribution in [1.29, 1.82) is 0 Å². The third kappa shape index (κ3) is 5.04. The van der Waals surface area contributed by atoms with Gasteiger partial charge in [0.25, 0.3) is 0 Å². The lowest BCUT2D eigenvalue weighted by molar-refractivity contribution is -0.136. The van der Waals surface area contributed by atoms with Gasteiger partial charge in [-0.2, -0.15) is 13.2 Å². The largest absolute Gasteiger partial charge is 0.450 e. The van der Waals surface area contributed by atoms with Gasteiger partial charge in [0.15, 0.2) is 0 Å². The van der Waals surface area contributed by atoms with Crippen LogP contribution in [-0.4, -0.2) is 12.7 Å². The molecule has 0 aliphatic heterocycles. The van der Waals surface area contributed by atoms with Crippen molar-refractivity contribution in [3.05, 3.63) is 45.1 Å². The van der Waals surface area contributed by atoms with Crippen molar-refractivity contribution in [1.82, 2.24) is 0 Å². The van der Waals surface area contributed by atoms with Crippen LogP contribution in [0.5, 0.6) is 0 Å². The maximum absolute atomic E-state index is 13.2. The lowest BCUT2D eigenvalue weighted by Crippen LogP contribution is -2.17. The highest BCUT2D eigenvalue weighted by Gasteiger charge is 2.34. The Morgan fingerprint density at radius 3 is 2.62 bits per heavy atom. The molecular formula is C15H14ClF3N2O2S. The van der Waals surface area contributed by atoms with Crippen molar-refractivity contribution in [2.75, 3.05) is 17.2 Å². The number of nitrogens with one attached hydrogen (secondary N) is 2. The van der Waals surface area contributed by atoms with Gasteiger partial charge in [-0.1, -0.05) is 11.6 Å². The Morgan fingerprint density at radius 2 is 2.04 bits per heavy atom. The molecule has 130 valence electrons. The summed E-state index contributed by atoms with van der Waals surface area (Å²) < 4.78 is 44.8. The van der Waals surface area contributed by atoms with E-state index in [4.69, 9.17) is 11.6 Å². The van der Waals surface area contributed by atoms with Crippen LogP contribution in [0.1, 0.15) is 17.4 Å². The summed E-state index contributed by atoms with van der Waals surface area (Å²) in [5, 5.41) is 5.00. The summed E-state index contributed by atoms with van der Waals surface area (Å²) in [6.07, 6.45) is -5.55. The molecule has 4 nitrogen and oxygen atoms in total. The second kappa shape index (κ2) is 7.76. The summed E-state index contributed by atoms with van der Waals surface area (Å²) in [4.78, 5) is 12.3. The molecule has 24 heavy (non-hydrogen) atoms. The first kappa shape index (κ1) is 18.4. The number of anilines is 2. The van der Waals surface area contributed by atoms with Gasteiger partial charge in [0.2, 0.25) is 0 Å². The Hall–Kier alpha value is -1.93. The quantitative estimate of drug-likeness (QED) is 0.711. The van der Waals surface area contributed by atoms with E-state index in [1.807, 2.05) is 0 Å². The lowest BCUT2D eigenvalue weighted by Gasteiger charge is -2.15. The molecule has 0 fully saturated rings. The number of hydrogen-bond donors (Lipinski definition) is 2. The summed E-state index contributed by atoms with van der Waals surface area (Å²) in [5.41, 5.74) is -1.03. The molecule has 1 heterocycles. The van der Waals surface area contributed by atoms with Crippen molar-refractivity contribution in [2.24, 2.45) is 0 Å². The topological polar surface area (TPSA) is 50.4 Å². The molecule has 0 saturated carbocycles. The number of rotatable bonds is 5. The van der Waals surface area contributed by atoms with Crippen LogP contribution >= 0.6 is 22.9 Å². The standard InChI is InChI=1S/C15H14ClF3N2O2S/c1-2-23-14(22)21-12-5-3-9(7-11(12)15(17,18)19)20-8-10-4-6-13(16)24-10/h3-7,20H,2,8H2,1H3,(H,21,22). The van der Waals surface area contributed by atoms with Gasteiger partial charge in [0, 0.05) is 17.1 Å². The maximum Gasteiger partial charge on any atom is 0.418 e. The number of carbonyl (C=O) groups is 1. The van der Waals surface area contributed by atoms with Crippen LogP contribution < -0.4 is 10.6 Å². The normalized spacial score (nSPS) is 11.2. The van der Waals surface area contributed by atoms with Crippen molar-refractivity contribution >= 4 is 40.4 Å². The van der Waals surface area contributed by atoms with Gasteiger partial charge in [0.1, 0.15) is 0 Å². The molecule has 1 aromatic carbocycles. The van der Waals surface area contributed by atoms with Gasteiger partial charge in [-0.3, -0.25) is 5.32 Å². The Balaban J connectivity index is 2.17. The molecule has 0 aliphatic rings. The average Bonchev–Trinajstić information content (AvgIpc) is 2.91. The van der Waals surface area contributed by atoms with Gasteiger partial charge in [0.05, 0.1) is 22.2 Å². The first-order valence-corrected chi connectivity index (χ1v) is 8.12. The van der Waals surface area contributed by atoms with Gasteiger partial charge >= 0.3 is 12.3 Å². The molecule has 0 spiro atoms. The Labute approximate surface area is 145 Å². The smallest absolute Gasteiger partial charge is 0.418 e. The molecule has 2 rings (SSSR count). The molecule has 1 aromatic heterocycles. The first-order chi connectivity index (χ1) is 11.3. The summed E-state index contributed by atoms with van der Waals surface area (Å²) in [6, 6.07) is 7.09. The molecule has 0 aliphatic carbocycles. The minimum atomic E-state index is -4.61. The highest BCUT2D eigenvalue weighted by molar-refractivity contribution is 7.16. The van der Waals surface area contributed by atoms with Crippen LogP contribution in [0.4, 0.5) is 29.3 Å². The van der Waals surface area contributed by atoms with E-state index < -0.39 is 17.8 Å². The van der Waals surface area contributed by atoms with E-state index in [1.54, 1.807) is 19.1 Å². The number of alkyl halides is 3. The highest BCUT2D eigenvalue weighted by Crippen LogP contribution is 2.37. The van der Waals surface area contributed by atoms with E-state index in [1.165, 1.54) is 23.5 Å². The number of hydrogen-bond acceptors (Lipinski definition) is 4. The fraction of sp³-hybridized carbons (Fsp3) is 0.267. The van der Waals surface area contributed by atoms with E-state index in [2.05, 4.69) is 15.4 Å². The fourth-order valence-electron chi connectivity index (χ4n) is 1.91. The first-order valence-electron chi connectivity index (χ1n) is 6.92. The summed E-state index contributed by atoms with van der Waals surface area (Å²) in [7, 11) is 0. The highest BCUT2D eigenvalue weighted by atomic mass is 35.5. The van der Waals surface area contributed by atoms with E-state index in [0.717, 1.165) is 10.9 Å². The molecule has 9 heteroatoms. The van der Waals surface area contributed by atoms with Gasteiger partial charge < -0.3 is 10.1 Å². The van der Waals surface area contributed by atoms with E-state index in [9.17, 15) is 18.0 Å². The molecule has 1 amide bonds. The maximum atomic E-state index is 13.2. The molecular weight excluding hydrogens is 365 g/mol. The minimum absolute atomic E-state index is 0.0657. The van der Waals surface area contributed by atoms with Crippen molar-refractivity contribution < 1.29 is 22.7 Å². The number of amides is 1. The zero-order valence-electron chi connectivity index (χ0n) is 12.5. The number of benzene rings is 1. The summed E-state index contributed by atoms with van der Waals surface area (Å²) >= 11 is 7.15. The Bertz CT molecular complexity index is 719. The number of thiophene rings is 1. The third-order valence-electron chi connectivity index (χ3n) is 2.93. The van der Waals surface area contributed by atoms with Gasteiger partial charge in [-0.25, -0.2) is 4.79 Å². The SMILES string of the molecule is CCOC(=O)Nc1ccc(NCc2ccc(Cl)s2)cc1C(F)(F)F. The number of halogens is 4. The fourth-order valence-corrected chi connectivity index (χ4v) is 2.94. The van der Waals surface area contributed by atoms with E-state index in [-0.39, 0.29) is 18.0 Å². The lowest BCUT2D eigenvalue weighted by atomic mass is 10.1. The monoisotopic (exact) mass is 378 g/mol. The van der Waals surface area contributed by atoms with E-state index >= 15 is 0 Å². The molecule has 0 saturated heterocycles. The molecule has 2 aromatic rings. The molecule has 0 unspecified atom stereocenters. The van der Waals surface area contributed by atoms with Crippen LogP contribution in [-0.2, 0) is 17.5 Å². The van der Waals surface area contributed by atoms with E-state index in [0.29, 0.717) is 10.9 Å². The predicted molar refractivity (Wildman–Crippen MR) is 88.7 cm³/mol. The molecule has 2 N–H and O–H groups in total. The molecule has 0 bridgehead atoms. The van der Waals surface area contributed by atoms with Crippen LogP contribution in [0.25, 0.3) is 0 Å². The van der Waals surface area contributed by atoms with Crippen LogP contribution in [0.2, 0.25) is 4.34 Å². The molecule has 0 radical (unpaired) electrons. The van der Waals surface area contributed by atoms with Crippen LogP contribution in [0, 0.1) is 0 Å². The second-order valence-corrected chi connectivity index (χ2v) is 6.46. The third-order valence-corrected chi connectivity index (χ3v) is 4.16. The number of carbonyl (C=O) groups excluding carboxylic acids is 1. The zero-order chi connectivity index (χ0) is 17.7.